The van der Waals surface area contributed by atoms with Gasteiger partial charge in [-0.15, -0.1) is 0 Å². The first-order valence-corrected chi connectivity index (χ1v) is 11.9. The molecule has 0 unspecified atom stereocenters. The Bertz CT molecular complexity index is 904. The lowest BCUT2D eigenvalue weighted by molar-refractivity contribution is -0.126. The molecule has 1 aliphatic rings. The fraction of sp³-hybridized carbons (Fsp3) is 0.636. The molecular weight excluding hydrogens is 418 g/mol. The van der Waals surface area contributed by atoms with Gasteiger partial charge in [0.05, 0.1) is 17.6 Å². The Hall–Kier alpha value is -1.97. The topological polar surface area (TPSA) is 96.0 Å². The molecule has 1 heterocycles. The quantitative estimate of drug-likeness (QED) is 0.604. The van der Waals surface area contributed by atoms with Gasteiger partial charge in [0, 0.05) is 32.1 Å². The molecule has 2 rings (SSSR count). The lowest BCUT2D eigenvalue weighted by Crippen LogP contribution is -2.46. The van der Waals surface area contributed by atoms with E-state index in [1.54, 1.807) is 6.92 Å². The van der Waals surface area contributed by atoms with E-state index in [9.17, 15) is 18.0 Å². The zero-order valence-electron chi connectivity index (χ0n) is 19.4. The molecule has 31 heavy (non-hydrogen) atoms. The number of hydrogen-bond donors (Lipinski definition) is 1. The van der Waals surface area contributed by atoms with Crippen LogP contribution >= 0.6 is 0 Å². The zero-order chi connectivity index (χ0) is 23.4. The summed E-state index contributed by atoms with van der Waals surface area (Å²) in [4.78, 5) is 26.5. The summed E-state index contributed by atoms with van der Waals surface area (Å²) >= 11 is 0. The van der Waals surface area contributed by atoms with Crippen LogP contribution in [0.2, 0.25) is 0 Å². The van der Waals surface area contributed by atoms with Crippen molar-refractivity contribution >= 4 is 21.9 Å². The Morgan fingerprint density at radius 1 is 1.23 bits per heavy atom. The molecule has 1 saturated heterocycles. The van der Waals surface area contributed by atoms with E-state index in [4.69, 9.17) is 0 Å². The number of rotatable bonds is 8. The molecule has 1 fully saturated rings. The maximum atomic E-state index is 13.1. The summed E-state index contributed by atoms with van der Waals surface area (Å²) in [6, 6.07) is 4.43. The summed E-state index contributed by atoms with van der Waals surface area (Å²) in [5.74, 6) is -0.709. The third kappa shape index (κ3) is 6.51. The van der Waals surface area contributed by atoms with Crippen molar-refractivity contribution in [2.24, 2.45) is 11.3 Å². The van der Waals surface area contributed by atoms with E-state index >= 15 is 0 Å². The predicted molar refractivity (Wildman–Crippen MR) is 119 cm³/mol. The number of nitrogens with zero attached hydrogens (tertiary/aromatic N) is 2. The number of amides is 1. The van der Waals surface area contributed by atoms with Gasteiger partial charge in [-0.1, -0.05) is 13.8 Å². The number of nitrogens with one attached hydrogen (secondary N) is 1. The molecule has 0 saturated carbocycles. The molecule has 1 aromatic carbocycles. The van der Waals surface area contributed by atoms with E-state index in [-0.39, 0.29) is 22.1 Å². The van der Waals surface area contributed by atoms with Gasteiger partial charge >= 0.3 is 5.97 Å². The van der Waals surface area contributed by atoms with Crippen LogP contribution in [0.3, 0.4) is 0 Å². The van der Waals surface area contributed by atoms with Crippen LogP contribution in [0, 0.1) is 18.3 Å². The number of hydrogen-bond acceptors (Lipinski definition) is 6. The second-order valence-corrected chi connectivity index (χ2v) is 11.2. The van der Waals surface area contributed by atoms with E-state index in [2.05, 4.69) is 28.8 Å². The van der Waals surface area contributed by atoms with Crippen molar-refractivity contribution in [3.8, 4) is 0 Å². The molecule has 1 aliphatic heterocycles. The van der Waals surface area contributed by atoms with Crippen molar-refractivity contribution in [1.29, 1.82) is 0 Å². The number of aryl methyl sites for hydroxylation is 1. The first kappa shape index (κ1) is 25.3. The summed E-state index contributed by atoms with van der Waals surface area (Å²) < 4.78 is 32.3. The molecule has 0 radical (unpaired) electrons. The van der Waals surface area contributed by atoms with Crippen molar-refractivity contribution in [3.05, 3.63) is 29.3 Å². The summed E-state index contributed by atoms with van der Waals surface area (Å²) in [6.45, 7) is 7.90. The monoisotopic (exact) mass is 453 g/mol. The lowest BCUT2D eigenvalue weighted by Gasteiger charge is -2.32. The Morgan fingerprint density at radius 2 is 1.84 bits per heavy atom. The normalized spacial score (nSPS) is 16.4. The summed E-state index contributed by atoms with van der Waals surface area (Å²) in [5, 5.41) is 3.04. The van der Waals surface area contributed by atoms with Crippen LogP contribution in [0.5, 0.6) is 0 Å². The minimum Gasteiger partial charge on any atom is -0.465 e. The van der Waals surface area contributed by atoms with Gasteiger partial charge in [-0.2, -0.15) is 4.31 Å². The smallest absolute Gasteiger partial charge is 0.337 e. The van der Waals surface area contributed by atoms with Crippen LogP contribution in [-0.4, -0.2) is 76.9 Å². The van der Waals surface area contributed by atoms with Crippen LogP contribution < -0.4 is 5.32 Å². The van der Waals surface area contributed by atoms with Crippen LogP contribution in [0.25, 0.3) is 0 Å². The zero-order valence-corrected chi connectivity index (χ0v) is 20.2. The van der Waals surface area contributed by atoms with E-state index in [1.165, 1.54) is 29.6 Å². The summed E-state index contributed by atoms with van der Waals surface area (Å²) in [7, 11) is 1.60. The highest BCUT2D eigenvalue weighted by Gasteiger charge is 2.33. The van der Waals surface area contributed by atoms with E-state index in [0.29, 0.717) is 43.6 Å². The van der Waals surface area contributed by atoms with Crippen molar-refractivity contribution in [2.75, 3.05) is 47.4 Å². The van der Waals surface area contributed by atoms with Crippen LogP contribution in [0.4, 0.5) is 0 Å². The number of methoxy groups -OCH3 is 1. The Balaban J connectivity index is 1.98. The molecule has 0 spiro atoms. The highest BCUT2D eigenvalue weighted by Crippen LogP contribution is 2.27. The molecule has 0 bridgehead atoms. The molecule has 1 aromatic rings. The highest BCUT2D eigenvalue weighted by molar-refractivity contribution is 7.89. The second kappa shape index (κ2) is 10.1. The molecule has 0 aromatic heterocycles. The Kier molecular flexibility index (Phi) is 8.24. The summed E-state index contributed by atoms with van der Waals surface area (Å²) in [6.07, 6.45) is 0.969. The van der Waals surface area contributed by atoms with Gasteiger partial charge in [0.15, 0.2) is 0 Å². The van der Waals surface area contributed by atoms with Gasteiger partial charge in [0.2, 0.25) is 15.9 Å². The first-order chi connectivity index (χ1) is 14.4. The second-order valence-electron chi connectivity index (χ2n) is 9.27. The number of esters is 1. The molecule has 174 valence electrons. The van der Waals surface area contributed by atoms with Gasteiger partial charge in [-0.05, 0) is 63.0 Å². The molecule has 1 amide bonds. The average molecular weight is 454 g/mol. The molecular formula is C22H35N3O5S. The van der Waals surface area contributed by atoms with Crippen molar-refractivity contribution in [2.45, 2.75) is 38.5 Å². The third-order valence-electron chi connectivity index (χ3n) is 5.52. The fourth-order valence-corrected chi connectivity index (χ4v) is 5.74. The maximum Gasteiger partial charge on any atom is 0.337 e. The van der Waals surface area contributed by atoms with Crippen molar-refractivity contribution in [1.82, 2.24) is 14.5 Å². The number of ether oxygens (including phenoxy) is 1. The van der Waals surface area contributed by atoms with Gasteiger partial charge < -0.3 is 15.0 Å². The molecule has 0 aliphatic carbocycles. The third-order valence-corrected chi connectivity index (χ3v) is 7.58. The Morgan fingerprint density at radius 3 is 2.35 bits per heavy atom. The van der Waals surface area contributed by atoms with Crippen molar-refractivity contribution < 1.29 is 22.7 Å². The molecule has 9 heteroatoms. The lowest BCUT2D eigenvalue weighted by atomic mass is 9.91. The molecule has 8 nitrogen and oxygen atoms in total. The van der Waals surface area contributed by atoms with E-state index in [1.807, 2.05) is 14.1 Å². The number of benzene rings is 1. The predicted octanol–water partition coefficient (Wildman–Crippen LogP) is 1.89. The molecule has 1 N–H and O–H groups in total. The molecule has 0 atom stereocenters. The number of piperidine rings is 1. The minimum atomic E-state index is -3.70. The number of sulfonamides is 1. The van der Waals surface area contributed by atoms with Crippen molar-refractivity contribution in [3.63, 3.8) is 0 Å². The SMILES string of the molecule is COC(=O)c1ccc(S(=O)(=O)N2CCC(C(=O)NCC(C)(C)CN(C)C)CC2)c(C)c1. The number of carbonyl (C=O) groups excluding carboxylic acids is 2. The van der Waals surface area contributed by atoms with Gasteiger partial charge in [-0.3, -0.25) is 4.79 Å². The van der Waals surface area contributed by atoms with Gasteiger partial charge in [0.25, 0.3) is 0 Å². The minimum absolute atomic E-state index is 0.0116. The van der Waals surface area contributed by atoms with Gasteiger partial charge in [0.1, 0.15) is 0 Å². The van der Waals surface area contributed by atoms with E-state index in [0.717, 1.165) is 6.54 Å². The largest absolute Gasteiger partial charge is 0.465 e. The highest BCUT2D eigenvalue weighted by atomic mass is 32.2. The Labute approximate surface area is 186 Å². The average Bonchev–Trinajstić information content (AvgIpc) is 2.70. The van der Waals surface area contributed by atoms with Crippen LogP contribution in [-0.2, 0) is 19.6 Å². The summed E-state index contributed by atoms with van der Waals surface area (Å²) in [5.41, 5.74) is 0.759. The van der Waals surface area contributed by atoms with Crippen LogP contribution in [0.15, 0.2) is 23.1 Å². The standard InChI is InChI=1S/C22H35N3O5S/c1-16-13-18(21(27)30-6)7-8-19(16)31(28,29)25-11-9-17(10-12-25)20(26)23-14-22(2,3)15-24(4)5/h7-8,13,17H,9-12,14-15H2,1-6H3,(H,23,26). The first-order valence-electron chi connectivity index (χ1n) is 10.5. The van der Waals surface area contributed by atoms with Crippen LogP contribution in [0.1, 0.15) is 42.6 Å². The maximum absolute atomic E-state index is 13.1. The fourth-order valence-electron chi connectivity index (χ4n) is 4.06. The van der Waals surface area contributed by atoms with E-state index < -0.39 is 16.0 Å². The number of carbonyl (C=O) groups is 2. The van der Waals surface area contributed by atoms with Gasteiger partial charge in [-0.25, -0.2) is 13.2 Å².